The van der Waals surface area contributed by atoms with Crippen molar-refractivity contribution >= 4 is 11.4 Å². The van der Waals surface area contributed by atoms with Crippen LogP contribution in [0, 0.1) is 6.92 Å². The standard InChI is InChI=1S/C7H8.C5H5N.H2O3S/c1-7-5-3-2-4-6-7;1-2-4-6-5-3-1;1-4(2)3/h2-6H,1H3;1-5H;(H2,1,2,3)/p-1. The SMILES string of the molecule is Cc1ccccc1.O=S([O-])O.c1ccncc1. The van der Waals surface area contributed by atoms with Gasteiger partial charge < -0.3 is 9.11 Å². The van der Waals surface area contributed by atoms with E-state index in [1.54, 1.807) is 12.4 Å². The van der Waals surface area contributed by atoms with Crippen LogP contribution >= 0.6 is 0 Å². The number of hydrogen-bond acceptors (Lipinski definition) is 3. The molecular weight excluding hydrogens is 238 g/mol. The second-order valence-electron chi connectivity index (χ2n) is 2.90. The van der Waals surface area contributed by atoms with Crippen molar-refractivity contribution in [1.29, 1.82) is 0 Å². The molecular formula is C12H14NO3S-. The van der Waals surface area contributed by atoms with Crippen LogP contribution in [0.5, 0.6) is 0 Å². The monoisotopic (exact) mass is 252 g/mol. The molecule has 0 spiro atoms. The maximum atomic E-state index is 8.56. The van der Waals surface area contributed by atoms with Crippen molar-refractivity contribution in [2.24, 2.45) is 0 Å². The number of pyridine rings is 1. The van der Waals surface area contributed by atoms with Gasteiger partial charge in [-0.2, -0.15) is 0 Å². The minimum Gasteiger partial charge on any atom is -0.750 e. The van der Waals surface area contributed by atoms with Gasteiger partial charge in [0.2, 0.25) is 0 Å². The summed E-state index contributed by atoms with van der Waals surface area (Å²) >= 11 is -2.86. The van der Waals surface area contributed by atoms with Crippen LogP contribution < -0.4 is 0 Å². The first kappa shape index (κ1) is 15.4. The van der Waals surface area contributed by atoms with E-state index in [1.807, 2.05) is 36.4 Å². The number of rotatable bonds is 0. The maximum Gasteiger partial charge on any atom is 0.0814 e. The van der Waals surface area contributed by atoms with Crippen LogP contribution in [0.4, 0.5) is 0 Å². The highest BCUT2D eigenvalue weighted by atomic mass is 32.2. The maximum absolute atomic E-state index is 8.56. The molecule has 0 aliphatic carbocycles. The molecule has 1 atom stereocenters. The van der Waals surface area contributed by atoms with E-state index in [0.717, 1.165) is 0 Å². The Kier molecular flexibility index (Phi) is 9.94. The first-order valence-corrected chi connectivity index (χ1v) is 5.81. The summed E-state index contributed by atoms with van der Waals surface area (Å²) in [6.07, 6.45) is 3.50. The molecule has 5 heteroatoms. The molecule has 17 heavy (non-hydrogen) atoms. The number of benzene rings is 1. The molecule has 2 aromatic rings. The summed E-state index contributed by atoms with van der Waals surface area (Å²) in [4.78, 5) is 3.78. The van der Waals surface area contributed by atoms with Gasteiger partial charge in [-0.1, -0.05) is 42.0 Å². The van der Waals surface area contributed by atoms with Crippen LogP contribution in [0.25, 0.3) is 0 Å². The molecule has 92 valence electrons. The van der Waals surface area contributed by atoms with Gasteiger partial charge in [0.15, 0.2) is 0 Å². The number of hydrogen-bond donors (Lipinski definition) is 1. The second-order valence-corrected chi connectivity index (χ2v) is 3.33. The zero-order valence-corrected chi connectivity index (χ0v) is 10.2. The molecule has 0 amide bonds. The molecule has 1 heterocycles. The van der Waals surface area contributed by atoms with Gasteiger partial charge in [-0.15, -0.1) is 0 Å². The zero-order valence-electron chi connectivity index (χ0n) is 9.39. The Hall–Kier alpha value is -1.56. The fourth-order valence-electron chi connectivity index (χ4n) is 0.847. The lowest BCUT2D eigenvalue weighted by molar-refractivity contribution is 0.436. The minimum absolute atomic E-state index is 1.32. The normalized spacial score (nSPS) is 10.1. The Labute approximate surface area is 103 Å². The molecule has 0 fully saturated rings. The molecule has 1 aromatic carbocycles. The average Bonchev–Trinajstić information content (AvgIpc) is 2.32. The van der Waals surface area contributed by atoms with Crippen molar-refractivity contribution < 1.29 is 13.3 Å². The number of aromatic nitrogens is 1. The van der Waals surface area contributed by atoms with Crippen molar-refractivity contribution in [3.63, 3.8) is 0 Å². The van der Waals surface area contributed by atoms with Crippen molar-refractivity contribution in [3.8, 4) is 0 Å². The molecule has 2 rings (SSSR count). The Morgan fingerprint density at radius 2 is 1.47 bits per heavy atom. The quantitative estimate of drug-likeness (QED) is 0.731. The highest BCUT2D eigenvalue weighted by Gasteiger charge is 1.72. The minimum atomic E-state index is -2.86. The zero-order chi connectivity index (χ0) is 12.9. The second kappa shape index (κ2) is 10.9. The van der Waals surface area contributed by atoms with E-state index in [-0.39, 0.29) is 0 Å². The van der Waals surface area contributed by atoms with Gasteiger partial charge in [0.05, 0.1) is 11.4 Å². The third-order valence-corrected chi connectivity index (χ3v) is 1.51. The van der Waals surface area contributed by atoms with Crippen LogP contribution in [0.3, 0.4) is 0 Å². The first-order chi connectivity index (χ1) is 8.13. The van der Waals surface area contributed by atoms with Crippen LogP contribution in [-0.2, 0) is 11.4 Å². The van der Waals surface area contributed by atoms with Gasteiger partial charge in [0.25, 0.3) is 0 Å². The smallest absolute Gasteiger partial charge is 0.0814 e. The molecule has 0 aliphatic heterocycles. The fourth-order valence-corrected chi connectivity index (χ4v) is 0.847. The predicted octanol–water partition coefficient (Wildman–Crippen LogP) is 2.42. The number of aryl methyl sites for hydroxylation is 1. The van der Waals surface area contributed by atoms with Crippen LogP contribution in [0.2, 0.25) is 0 Å². The number of nitrogens with zero attached hydrogens (tertiary/aromatic N) is 1. The van der Waals surface area contributed by atoms with Crippen molar-refractivity contribution in [2.75, 3.05) is 0 Å². The van der Waals surface area contributed by atoms with E-state index in [0.29, 0.717) is 0 Å². The van der Waals surface area contributed by atoms with Crippen molar-refractivity contribution in [1.82, 2.24) is 4.98 Å². The molecule has 4 nitrogen and oxygen atoms in total. The van der Waals surface area contributed by atoms with Crippen molar-refractivity contribution in [2.45, 2.75) is 6.92 Å². The summed E-state index contributed by atoms with van der Waals surface area (Å²) in [6.45, 7) is 2.08. The van der Waals surface area contributed by atoms with Gasteiger partial charge in [0.1, 0.15) is 0 Å². The fraction of sp³-hybridized carbons (Fsp3) is 0.0833. The molecule has 0 radical (unpaired) electrons. The summed E-state index contributed by atoms with van der Waals surface area (Å²) in [5.74, 6) is 0. The summed E-state index contributed by atoms with van der Waals surface area (Å²) < 4.78 is 24.1. The lowest BCUT2D eigenvalue weighted by Crippen LogP contribution is -1.75. The molecule has 1 aromatic heterocycles. The predicted molar refractivity (Wildman–Crippen MR) is 67.0 cm³/mol. The summed E-state index contributed by atoms with van der Waals surface area (Å²) in [5, 5.41) is 0. The lowest BCUT2D eigenvalue weighted by atomic mass is 10.2. The average molecular weight is 252 g/mol. The van der Waals surface area contributed by atoms with Gasteiger partial charge >= 0.3 is 0 Å². The van der Waals surface area contributed by atoms with Gasteiger partial charge in [-0.05, 0) is 19.1 Å². The molecule has 0 aliphatic rings. The van der Waals surface area contributed by atoms with E-state index < -0.39 is 11.4 Å². The van der Waals surface area contributed by atoms with E-state index in [1.165, 1.54) is 5.56 Å². The largest absolute Gasteiger partial charge is 0.750 e. The topological polar surface area (TPSA) is 73.2 Å². The molecule has 1 unspecified atom stereocenters. The Balaban J connectivity index is 0.000000236. The Morgan fingerprint density at radius 3 is 1.65 bits per heavy atom. The van der Waals surface area contributed by atoms with E-state index in [2.05, 4.69) is 24.0 Å². The molecule has 1 N–H and O–H groups in total. The first-order valence-electron chi connectivity index (χ1n) is 4.78. The Morgan fingerprint density at radius 1 is 1.06 bits per heavy atom. The third-order valence-electron chi connectivity index (χ3n) is 1.51. The summed E-state index contributed by atoms with van der Waals surface area (Å²) in [6, 6.07) is 16.0. The lowest BCUT2D eigenvalue weighted by Gasteiger charge is -1.83. The molecule has 0 saturated carbocycles. The van der Waals surface area contributed by atoms with E-state index in [4.69, 9.17) is 13.3 Å². The highest BCUT2D eigenvalue weighted by molar-refractivity contribution is 7.73. The van der Waals surface area contributed by atoms with Gasteiger partial charge in [0, 0.05) is 12.4 Å². The van der Waals surface area contributed by atoms with Crippen LogP contribution in [0.1, 0.15) is 5.56 Å². The third kappa shape index (κ3) is 14.4. The Bertz CT molecular complexity index is 364. The van der Waals surface area contributed by atoms with Crippen LogP contribution in [0.15, 0.2) is 60.9 Å². The molecule has 0 bridgehead atoms. The highest BCUT2D eigenvalue weighted by Crippen LogP contribution is 1.92. The van der Waals surface area contributed by atoms with Crippen LogP contribution in [-0.4, -0.2) is 18.3 Å². The molecule has 0 saturated heterocycles. The van der Waals surface area contributed by atoms with Gasteiger partial charge in [-0.3, -0.25) is 4.98 Å². The van der Waals surface area contributed by atoms with Gasteiger partial charge in [-0.25, -0.2) is 4.21 Å². The van der Waals surface area contributed by atoms with E-state index in [9.17, 15) is 0 Å². The summed E-state index contributed by atoms with van der Waals surface area (Å²) in [5.41, 5.74) is 1.32. The van der Waals surface area contributed by atoms with E-state index >= 15 is 0 Å². The van der Waals surface area contributed by atoms with Crippen molar-refractivity contribution in [3.05, 3.63) is 66.5 Å². The summed E-state index contributed by atoms with van der Waals surface area (Å²) in [7, 11) is 0.